The number of carboxylic acid groups (broad SMARTS) is 1. The Morgan fingerprint density at radius 3 is 2.19 bits per heavy atom. The molecule has 0 spiro atoms. The van der Waals surface area contributed by atoms with Crippen molar-refractivity contribution in [1.29, 1.82) is 0 Å². The van der Waals surface area contributed by atoms with Gasteiger partial charge in [-0.3, -0.25) is 9.59 Å². The van der Waals surface area contributed by atoms with E-state index in [1.807, 2.05) is 0 Å². The first-order chi connectivity index (χ1) is 12.0. The van der Waals surface area contributed by atoms with Crippen molar-refractivity contribution in [3.8, 4) is 0 Å². The predicted octanol–water partition coefficient (Wildman–Crippen LogP) is 1.44. The number of alkyl halides is 3. The van der Waals surface area contributed by atoms with Crippen LogP contribution in [-0.4, -0.2) is 51.5 Å². The highest BCUT2D eigenvalue weighted by Gasteiger charge is 2.39. The molecule has 1 aromatic rings. The number of hydrogen-bond donors (Lipinski definition) is 4. The number of allylic oxidation sites excluding steroid dienone is 1. The molecule has 1 aromatic carbocycles. The van der Waals surface area contributed by atoms with Gasteiger partial charge in [-0.15, -0.1) is 0 Å². The minimum Gasteiger partial charge on any atom is -0.480 e. The molecule has 5 N–H and O–H groups in total. The van der Waals surface area contributed by atoms with E-state index < -0.39 is 41.7 Å². The average molecular weight is 375 g/mol. The van der Waals surface area contributed by atoms with E-state index in [2.05, 4.69) is 0 Å². The Hall–Kier alpha value is -2.23. The number of Topliss-reactive ketones (excluding diaryl/α,β-unsaturated/α-hetero) is 1. The molecule has 0 radical (unpaired) electrons. The SMILES string of the molecule is NC(C(=O)O)C(O)C(O)C/C=C/CCc1ccc(C(=O)C(F)(F)F)cc1. The first-order valence-corrected chi connectivity index (χ1v) is 7.74. The molecule has 6 nitrogen and oxygen atoms in total. The van der Waals surface area contributed by atoms with E-state index in [1.165, 1.54) is 12.1 Å². The molecule has 3 unspecified atom stereocenters. The van der Waals surface area contributed by atoms with E-state index in [0.717, 1.165) is 17.7 Å². The fourth-order valence-corrected chi connectivity index (χ4v) is 2.11. The summed E-state index contributed by atoms with van der Waals surface area (Å²) < 4.78 is 36.9. The number of aliphatic hydroxyl groups excluding tert-OH is 2. The highest BCUT2D eigenvalue weighted by molar-refractivity contribution is 6.00. The third-order valence-electron chi connectivity index (χ3n) is 3.66. The lowest BCUT2D eigenvalue weighted by molar-refractivity contribution is -0.143. The van der Waals surface area contributed by atoms with Crippen LogP contribution in [-0.2, 0) is 11.2 Å². The summed E-state index contributed by atoms with van der Waals surface area (Å²) in [7, 11) is 0. The summed E-state index contributed by atoms with van der Waals surface area (Å²) in [6, 6.07) is 3.50. The molecule has 0 aliphatic heterocycles. The fourth-order valence-electron chi connectivity index (χ4n) is 2.11. The molecule has 0 fully saturated rings. The van der Waals surface area contributed by atoms with Gasteiger partial charge in [0.2, 0.25) is 0 Å². The summed E-state index contributed by atoms with van der Waals surface area (Å²) in [4.78, 5) is 21.7. The van der Waals surface area contributed by atoms with Gasteiger partial charge >= 0.3 is 12.1 Å². The second-order valence-electron chi connectivity index (χ2n) is 5.69. The topological polar surface area (TPSA) is 121 Å². The Labute approximate surface area is 147 Å². The molecule has 0 aliphatic carbocycles. The molecule has 0 saturated carbocycles. The second kappa shape index (κ2) is 9.46. The van der Waals surface area contributed by atoms with Gasteiger partial charge in [-0.2, -0.15) is 13.2 Å². The summed E-state index contributed by atoms with van der Waals surface area (Å²) in [6.45, 7) is 0. The standard InChI is InChI=1S/C17H20F3NO5/c18-17(19,20)15(24)11-8-6-10(7-9-11)4-2-1-3-5-12(22)14(23)13(21)16(25)26/h1,3,6-9,12-14,22-23H,2,4-5,21H2,(H,25,26)/b3-1+. The van der Waals surface area contributed by atoms with Crippen LogP contribution in [0.1, 0.15) is 28.8 Å². The predicted molar refractivity (Wildman–Crippen MR) is 86.5 cm³/mol. The zero-order valence-electron chi connectivity index (χ0n) is 13.7. The lowest BCUT2D eigenvalue weighted by Gasteiger charge is -2.19. The summed E-state index contributed by atoms with van der Waals surface area (Å²) >= 11 is 0. The summed E-state index contributed by atoms with van der Waals surface area (Å²) in [5.74, 6) is -3.32. The summed E-state index contributed by atoms with van der Waals surface area (Å²) in [6.07, 6.45) is -3.62. The maximum atomic E-state index is 12.3. The molecule has 144 valence electrons. The fraction of sp³-hybridized carbons (Fsp3) is 0.412. The number of carboxylic acids is 1. The van der Waals surface area contributed by atoms with Gasteiger partial charge in [-0.05, 0) is 24.8 Å². The molecule has 0 aromatic heterocycles. The van der Waals surface area contributed by atoms with Crippen molar-refractivity contribution >= 4 is 11.8 Å². The van der Waals surface area contributed by atoms with Crippen LogP contribution in [0.15, 0.2) is 36.4 Å². The zero-order valence-corrected chi connectivity index (χ0v) is 13.7. The van der Waals surface area contributed by atoms with Crippen molar-refractivity contribution in [2.75, 3.05) is 0 Å². The molecule has 9 heteroatoms. The molecule has 0 heterocycles. The van der Waals surface area contributed by atoms with Crippen molar-refractivity contribution < 1.29 is 38.1 Å². The number of hydrogen-bond acceptors (Lipinski definition) is 5. The normalized spacial score (nSPS) is 15.6. The van der Waals surface area contributed by atoms with E-state index in [9.17, 15) is 33.0 Å². The van der Waals surface area contributed by atoms with Crippen molar-refractivity contribution in [3.63, 3.8) is 0 Å². The molecule has 1 rings (SSSR count). The highest BCUT2D eigenvalue weighted by Crippen LogP contribution is 2.21. The molecule has 3 atom stereocenters. The molecule has 0 saturated heterocycles. The van der Waals surface area contributed by atoms with E-state index in [1.54, 1.807) is 12.2 Å². The number of rotatable bonds is 9. The van der Waals surface area contributed by atoms with Crippen LogP contribution < -0.4 is 5.73 Å². The Balaban J connectivity index is 2.45. The van der Waals surface area contributed by atoms with Gasteiger partial charge in [-0.1, -0.05) is 36.4 Å². The van der Waals surface area contributed by atoms with E-state index >= 15 is 0 Å². The smallest absolute Gasteiger partial charge is 0.454 e. The van der Waals surface area contributed by atoms with Crippen LogP contribution in [0.2, 0.25) is 0 Å². The van der Waals surface area contributed by atoms with Gasteiger partial charge in [0, 0.05) is 5.56 Å². The molecular weight excluding hydrogens is 355 g/mol. The van der Waals surface area contributed by atoms with Gasteiger partial charge in [0.05, 0.1) is 6.10 Å². The number of aliphatic hydroxyl groups is 2. The zero-order chi connectivity index (χ0) is 19.9. The molecule has 26 heavy (non-hydrogen) atoms. The largest absolute Gasteiger partial charge is 0.480 e. The molecule has 0 amide bonds. The third-order valence-corrected chi connectivity index (χ3v) is 3.66. The van der Waals surface area contributed by atoms with Crippen molar-refractivity contribution in [3.05, 3.63) is 47.5 Å². The van der Waals surface area contributed by atoms with Gasteiger partial charge in [-0.25, -0.2) is 0 Å². The van der Waals surface area contributed by atoms with Gasteiger partial charge in [0.1, 0.15) is 12.1 Å². The van der Waals surface area contributed by atoms with E-state index in [0.29, 0.717) is 12.8 Å². The summed E-state index contributed by atoms with van der Waals surface area (Å²) in [5, 5.41) is 27.8. The number of benzene rings is 1. The summed E-state index contributed by atoms with van der Waals surface area (Å²) in [5.41, 5.74) is 5.50. The highest BCUT2D eigenvalue weighted by atomic mass is 19.4. The van der Waals surface area contributed by atoms with Crippen LogP contribution in [0.25, 0.3) is 0 Å². The monoisotopic (exact) mass is 375 g/mol. The average Bonchev–Trinajstić information content (AvgIpc) is 2.58. The Morgan fingerprint density at radius 1 is 1.12 bits per heavy atom. The first kappa shape index (κ1) is 21.8. The minimum atomic E-state index is -4.90. The maximum Gasteiger partial charge on any atom is 0.454 e. The van der Waals surface area contributed by atoms with Gasteiger partial charge in [0.15, 0.2) is 0 Å². The van der Waals surface area contributed by atoms with Crippen LogP contribution >= 0.6 is 0 Å². The molecular formula is C17H20F3NO5. The van der Waals surface area contributed by atoms with Crippen molar-refractivity contribution in [2.24, 2.45) is 5.73 Å². The number of aliphatic carboxylic acids is 1. The van der Waals surface area contributed by atoms with Gasteiger partial charge < -0.3 is 21.1 Å². The number of halogens is 3. The van der Waals surface area contributed by atoms with Crippen molar-refractivity contribution in [2.45, 2.75) is 43.7 Å². The van der Waals surface area contributed by atoms with Crippen LogP contribution in [0, 0.1) is 0 Å². The Kier molecular flexibility index (Phi) is 7.94. The lowest BCUT2D eigenvalue weighted by Crippen LogP contribution is -2.47. The number of nitrogens with two attached hydrogens (primary N) is 1. The third kappa shape index (κ3) is 6.58. The van der Waals surface area contributed by atoms with E-state index in [4.69, 9.17) is 10.8 Å². The minimum absolute atomic E-state index is 0.00116. The Morgan fingerprint density at radius 2 is 1.69 bits per heavy atom. The van der Waals surface area contributed by atoms with Crippen molar-refractivity contribution in [1.82, 2.24) is 0 Å². The number of ketones is 1. The number of carbonyl (C=O) groups excluding carboxylic acids is 1. The van der Waals surface area contributed by atoms with Crippen LogP contribution in [0.4, 0.5) is 13.2 Å². The Bertz CT molecular complexity index is 643. The first-order valence-electron chi connectivity index (χ1n) is 7.74. The van der Waals surface area contributed by atoms with Crippen LogP contribution in [0.5, 0.6) is 0 Å². The number of aryl methyl sites for hydroxylation is 1. The molecule has 0 aliphatic rings. The van der Waals surface area contributed by atoms with Gasteiger partial charge in [0.25, 0.3) is 5.78 Å². The lowest BCUT2D eigenvalue weighted by atomic mass is 10.0. The van der Waals surface area contributed by atoms with E-state index in [-0.39, 0.29) is 6.42 Å². The number of carbonyl (C=O) groups is 2. The molecule has 0 bridgehead atoms. The van der Waals surface area contributed by atoms with Crippen LogP contribution in [0.3, 0.4) is 0 Å². The second-order valence-corrected chi connectivity index (χ2v) is 5.69. The quantitative estimate of drug-likeness (QED) is 0.383. The maximum absolute atomic E-state index is 12.3.